The van der Waals surface area contributed by atoms with Crippen LogP contribution in [0.15, 0.2) is 48.5 Å². The number of anilines is 2. The maximum absolute atomic E-state index is 13.5. The highest BCUT2D eigenvalue weighted by Crippen LogP contribution is 2.48. The second kappa shape index (κ2) is 8.04. The number of amides is 1. The minimum Gasteiger partial charge on any atom is -0.392 e. The summed E-state index contributed by atoms with van der Waals surface area (Å²) in [6.45, 7) is -0.0883. The van der Waals surface area contributed by atoms with Crippen LogP contribution in [0, 0.1) is 11.3 Å². The number of carbonyl (C=O) groups is 1. The third kappa shape index (κ3) is 3.45. The molecular weight excluding hydrogens is 439 g/mol. The normalized spacial score (nSPS) is 17.8. The molecule has 5 nitrogen and oxygen atoms in total. The lowest BCUT2D eigenvalue weighted by Gasteiger charge is -2.43. The lowest BCUT2D eigenvalue weighted by atomic mass is 9.75. The van der Waals surface area contributed by atoms with Crippen molar-refractivity contribution in [3.63, 3.8) is 0 Å². The Morgan fingerprint density at radius 2 is 1.81 bits per heavy atom. The van der Waals surface area contributed by atoms with E-state index in [0.29, 0.717) is 18.5 Å². The zero-order chi connectivity index (χ0) is 23.1. The molecule has 2 aromatic carbocycles. The van der Waals surface area contributed by atoms with Gasteiger partial charge < -0.3 is 10.0 Å². The number of aliphatic hydroxyl groups excluding tert-OH is 1. The monoisotopic (exact) mass is 457 g/mol. The van der Waals surface area contributed by atoms with Crippen LogP contribution in [-0.4, -0.2) is 28.3 Å². The number of hydrogen-bond acceptors (Lipinski definition) is 4. The van der Waals surface area contributed by atoms with Crippen LogP contribution >= 0.6 is 12.2 Å². The van der Waals surface area contributed by atoms with E-state index < -0.39 is 22.8 Å². The van der Waals surface area contributed by atoms with Crippen molar-refractivity contribution in [2.45, 2.75) is 31.0 Å². The predicted octanol–water partition coefficient (Wildman–Crippen LogP) is 4.64. The maximum Gasteiger partial charge on any atom is 0.417 e. The summed E-state index contributed by atoms with van der Waals surface area (Å²) in [5.74, 6) is -0.365. The fraction of sp³-hybridized carbons (Fsp3) is 0.261. The van der Waals surface area contributed by atoms with Gasteiger partial charge in [-0.15, -0.1) is 0 Å². The number of rotatable bonds is 4. The highest BCUT2D eigenvalue weighted by molar-refractivity contribution is 7.81. The van der Waals surface area contributed by atoms with Gasteiger partial charge in [0.15, 0.2) is 5.11 Å². The SMILES string of the molecule is N#Cc1ccc(N2C(=O)C3(CCC3)N(c3ccc(C=CCO)cc3)C2=S)cc1C(F)(F)F. The van der Waals surface area contributed by atoms with Crippen LogP contribution in [-0.2, 0) is 11.0 Å². The van der Waals surface area contributed by atoms with Gasteiger partial charge in [0.2, 0.25) is 0 Å². The molecular formula is C23H18F3N3O2S. The van der Waals surface area contributed by atoms with Gasteiger partial charge in [-0.1, -0.05) is 24.3 Å². The average molecular weight is 457 g/mol. The third-order valence-electron chi connectivity index (χ3n) is 5.85. The molecule has 1 heterocycles. The molecule has 2 fully saturated rings. The molecule has 1 aliphatic heterocycles. The Bertz CT molecular complexity index is 1150. The number of carbonyl (C=O) groups excluding carboxylic acids is 1. The van der Waals surface area contributed by atoms with Crippen molar-refractivity contribution < 1.29 is 23.1 Å². The second-order valence-electron chi connectivity index (χ2n) is 7.66. The molecule has 1 aliphatic carbocycles. The Kier molecular flexibility index (Phi) is 5.53. The number of halogens is 3. The van der Waals surface area contributed by atoms with Crippen LogP contribution in [0.1, 0.15) is 36.0 Å². The van der Waals surface area contributed by atoms with Crippen molar-refractivity contribution >= 4 is 40.7 Å². The van der Waals surface area contributed by atoms with Gasteiger partial charge in [-0.05, 0) is 67.4 Å². The Morgan fingerprint density at radius 1 is 1.16 bits per heavy atom. The van der Waals surface area contributed by atoms with Gasteiger partial charge in [-0.25, -0.2) is 0 Å². The average Bonchev–Trinajstić information content (AvgIpc) is 2.98. The second-order valence-corrected chi connectivity index (χ2v) is 8.02. The molecule has 0 aromatic heterocycles. The summed E-state index contributed by atoms with van der Waals surface area (Å²) in [5.41, 5.74) is -1.04. The fourth-order valence-electron chi connectivity index (χ4n) is 4.13. The molecule has 1 N–H and O–H groups in total. The Hall–Kier alpha value is -3.22. The van der Waals surface area contributed by atoms with E-state index >= 15 is 0 Å². The Balaban J connectivity index is 1.76. The molecule has 1 saturated heterocycles. The van der Waals surface area contributed by atoms with Gasteiger partial charge in [-0.2, -0.15) is 18.4 Å². The topological polar surface area (TPSA) is 67.6 Å². The molecule has 9 heteroatoms. The molecule has 0 bridgehead atoms. The summed E-state index contributed by atoms with van der Waals surface area (Å²) in [6.07, 6.45) is 0.484. The Labute approximate surface area is 188 Å². The van der Waals surface area contributed by atoms with Crippen molar-refractivity contribution in [2.75, 3.05) is 16.4 Å². The molecule has 164 valence electrons. The van der Waals surface area contributed by atoms with E-state index in [2.05, 4.69) is 0 Å². The predicted molar refractivity (Wildman–Crippen MR) is 118 cm³/mol. The maximum atomic E-state index is 13.5. The van der Waals surface area contributed by atoms with Crippen LogP contribution in [0.4, 0.5) is 24.5 Å². The first kappa shape index (κ1) is 22.0. The summed E-state index contributed by atoms with van der Waals surface area (Å²) in [4.78, 5) is 16.3. The molecule has 1 saturated carbocycles. The van der Waals surface area contributed by atoms with Crippen LogP contribution in [0.3, 0.4) is 0 Å². The number of aliphatic hydroxyl groups is 1. The largest absolute Gasteiger partial charge is 0.417 e. The number of nitrogens with zero attached hydrogens (tertiary/aromatic N) is 3. The molecule has 4 rings (SSSR count). The van der Waals surface area contributed by atoms with Gasteiger partial charge in [0.05, 0.1) is 29.5 Å². The van der Waals surface area contributed by atoms with Crippen LogP contribution < -0.4 is 9.80 Å². The molecule has 1 amide bonds. The Morgan fingerprint density at radius 3 is 2.34 bits per heavy atom. The quantitative estimate of drug-likeness (QED) is 0.678. The van der Waals surface area contributed by atoms with E-state index in [0.717, 1.165) is 29.0 Å². The van der Waals surface area contributed by atoms with Crippen molar-refractivity contribution in [3.05, 3.63) is 65.2 Å². The minimum atomic E-state index is -4.74. The highest BCUT2D eigenvalue weighted by atomic mass is 32.1. The number of alkyl halides is 3. The van der Waals surface area contributed by atoms with Crippen LogP contribution in [0.5, 0.6) is 0 Å². The number of thiocarbonyl (C=S) groups is 1. The lowest BCUT2D eigenvalue weighted by Crippen LogP contribution is -2.55. The zero-order valence-electron chi connectivity index (χ0n) is 16.8. The van der Waals surface area contributed by atoms with E-state index in [9.17, 15) is 18.0 Å². The van der Waals surface area contributed by atoms with E-state index in [1.54, 1.807) is 35.3 Å². The molecule has 32 heavy (non-hydrogen) atoms. The first-order valence-electron chi connectivity index (χ1n) is 9.90. The number of nitriles is 1. The van der Waals surface area contributed by atoms with Crippen molar-refractivity contribution in [3.8, 4) is 6.07 Å². The summed E-state index contributed by atoms with van der Waals surface area (Å²) in [5, 5.41) is 18.1. The first-order valence-corrected chi connectivity index (χ1v) is 10.3. The summed E-state index contributed by atoms with van der Waals surface area (Å²) >= 11 is 5.59. The van der Waals surface area contributed by atoms with Crippen molar-refractivity contribution in [2.24, 2.45) is 0 Å². The minimum absolute atomic E-state index is 0.0115. The summed E-state index contributed by atoms with van der Waals surface area (Å²) in [6, 6.07) is 11.9. The van der Waals surface area contributed by atoms with E-state index in [1.807, 2.05) is 12.1 Å². The van der Waals surface area contributed by atoms with E-state index in [1.165, 1.54) is 6.07 Å². The molecule has 2 aliphatic rings. The van der Waals surface area contributed by atoms with Gasteiger partial charge in [0, 0.05) is 5.69 Å². The van der Waals surface area contributed by atoms with Crippen LogP contribution in [0.2, 0.25) is 0 Å². The highest BCUT2D eigenvalue weighted by Gasteiger charge is 2.59. The third-order valence-corrected chi connectivity index (χ3v) is 6.21. The van der Waals surface area contributed by atoms with E-state index in [4.69, 9.17) is 22.6 Å². The van der Waals surface area contributed by atoms with Gasteiger partial charge in [0.1, 0.15) is 5.54 Å². The molecule has 0 unspecified atom stereocenters. The van der Waals surface area contributed by atoms with E-state index in [-0.39, 0.29) is 23.3 Å². The van der Waals surface area contributed by atoms with Crippen LogP contribution in [0.25, 0.3) is 6.08 Å². The van der Waals surface area contributed by atoms with Gasteiger partial charge in [0.25, 0.3) is 5.91 Å². The molecule has 0 atom stereocenters. The number of hydrogen-bond donors (Lipinski definition) is 1. The first-order chi connectivity index (χ1) is 15.2. The fourth-order valence-corrected chi connectivity index (χ4v) is 4.60. The smallest absolute Gasteiger partial charge is 0.392 e. The molecule has 1 spiro atoms. The number of benzene rings is 2. The summed E-state index contributed by atoms with van der Waals surface area (Å²) < 4.78 is 40.4. The van der Waals surface area contributed by atoms with Crippen molar-refractivity contribution in [1.82, 2.24) is 0 Å². The van der Waals surface area contributed by atoms with Gasteiger partial charge >= 0.3 is 6.18 Å². The van der Waals surface area contributed by atoms with Gasteiger partial charge in [-0.3, -0.25) is 9.69 Å². The summed E-state index contributed by atoms with van der Waals surface area (Å²) in [7, 11) is 0. The standard InChI is InChI=1S/C23H18F3N3O2S/c24-23(25,26)19-13-18(9-6-16(19)14-27)28-20(31)22(10-2-11-22)29(21(28)32)17-7-4-15(5-8-17)3-1-12-30/h1,3-9,13,30H,2,10-12H2. The lowest BCUT2D eigenvalue weighted by molar-refractivity contribution is -0.137. The zero-order valence-corrected chi connectivity index (χ0v) is 17.6. The molecule has 2 aromatic rings. The van der Waals surface area contributed by atoms with Crippen molar-refractivity contribution in [1.29, 1.82) is 5.26 Å². The molecule has 0 radical (unpaired) electrons.